The molecule has 0 saturated carbocycles. The van der Waals surface area contributed by atoms with Crippen LogP contribution in [0, 0.1) is 0 Å². The summed E-state index contributed by atoms with van der Waals surface area (Å²) in [6.45, 7) is 2.18. The first-order valence-electron chi connectivity index (χ1n) is 8.08. The van der Waals surface area contributed by atoms with Gasteiger partial charge in [-0.25, -0.2) is 0 Å². The number of pyridine rings is 1. The molecule has 7 heteroatoms. The second-order valence-corrected chi connectivity index (χ2v) is 5.73. The number of ether oxygens (including phenoxy) is 1. The van der Waals surface area contributed by atoms with Gasteiger partial charge in [-0.3, -0.25) is 14.6 Å². The predicted molar refractivity (Wildman–Crippen MR) is 93.0 cm³/mol. The molecule has 0 bridgehead atoms. The molecule has 1 unspecified atom stereocenters. The average Bonchev–Trinajstić information content (AvgIpc) is 2.68. The fourth-order valence-corrected chi connectivity index (χ4v) is 2.60. The first-order valence-corrected chi connectivity index (χ1v) is 8.08. The van der Waals surface area contributed by atoms with Gasteiger partial charge in [-0.15, -0.1) is 0 Å². The smallest absolute Gasteiger partial charge is 0.255 e. The molecule has 7 nitrogen and oxygen atoms in total. The number of anilines is 1. The largest absolute Gasteiger partial charge is 0.378 e. The van der Waals surface area contributed by atoms with E-state index in [1.54, 1.807) is 53.7 Å². The molecule has 25 heavy (non-hydrogen) atoms. The van der Waals surface area contributed by atoms with Gasteiger partial charge in [-0.1, -0.05) is 12.1 Å². The quantitative estimate of drug-likeness (QED) is 0.871. The lowest BCUT2D eigenvalue weighted by Gasteiger charge is -2.29. The van der Waals surface area contributed by atoms with Crippen molar-refractivity contribution in [1.29, 1.82) is 0 Å². The van der Waals surface area contributed by atoms with Gasteiger partial charge in [0, 0.05) is 36.7 Å². The number of rotatable bonds is 4. The summed E-state index contributed by atoms with van der Waals surface area (Å²) >= 11 is 0. The van der Waals surface area contributed by atoms with Crippen molar-refractivity contribution in [2.24, 2.45) is 5.73 Å². The average molecular weight is 340 g/mol. The number of amides is 2. The van der Waals surface area contributed by atoms with Gasteiger partial charge in [0.1, 0.15) is 6.04 Å². The number of hydrogen-bond donors (Lipinski definition) is 2. The highest BCUT2D eigenvalue weighted by molar-refractivity contribution is 6.04. The Labute approximate surface area is 145 Å². The molecule has 1 aliphatic rings. The maximum atomic E-state index is 12.4. The monoisotopic (exact) mass is 340 g/mol. The van der Waals surface area contributed by atoms with Crippen molar-refractivity contribution in [1.82, 2.24) is 9.88 Å². The van der Waals surface area contributed by atoms with Crippen LogP contribution in [0.5, 0.6) is 0 Å². The van der Waals surface area contributed by atoms with Crippen LogP contribution in [-0.2, 0) is 9.53 Å². The van der Waals surface area contributed by atoms with E-state index in [4.69, 9.17) is 10.5 Å². The van der Waals surface area contributed by atoms with Crippen LogP contribution in [-0.4, -0.2) is 48.0 Å². The maximum absolute atomic E-state index is 12.4. The Morgan fingerprint density at radius 3 is 2.36 bits per heavy atom. The van der Waals surface area contributed by atoms with Crippen molar-refractivity contribution >= 4 is 17.5 Å². The van der Waals surface area contributed by atoms with E-state index in [0.29, 0.717) is 43.1 Å². The first-order chi connectivity index (χ1) is 12.1. The van der Waals surface area contributed by atoms with Crippen LogP contribution in [0.2, 0.25) is 0 Å². The summed E-state index contributed by atoms with van der Waals surface area (Å²) in [4.78, 5) is 30.3. The molecule has 2 aromatic rings. The normalized spacial score (nSPS) is 15.5. The Hall–Kier alpha value is -2.77. The summed E-state index contributed by atoms with van der Waals surface area (Å²) in [6, 6.07) is 9.44. The van der Waals surface area contributed by atoms with Crippen LogP contribution < -0.4 is 11.1 Å². The Balaban J connectivity index is 1.64. The van der Waals surface area contributed by atoms with Gasteiger partial charge in [0.25, 0.3) is 5.91 Å². The molecular weight excluding hydrogens is 320 g/mol. The van der Waals surface area contributed by atoms with Gasteiger partial charge in [0.05, 0.1) is 13.2 Å². The standard InChI is InChI=1S/C18H20N4O3/c19-16(18(24)22-9-11-25-12-10-22)13-1-3-14(4-2-13)17(23)21-15-5-7-20-8-6-15/h1-8,16H,9-12,19H2,(H,20,21,23). The number of carbonyl (C=O) groups excluding carboxylic acids is 2. The topological polar surface area (TPSA) is 97.5 Å². The van der Waals surface area contributed by atoms with Crippen molar-refractivity contribution in [3.05, 3.63) is 59.9 Å². The SMILES string of the molecule is NC(C(=O)N1CCOCC1)c1ccc(C(=O)Nc2ccncc2)cc1. The molecule has 1 fully saturated rings. The summed E-state index contributed by atoms with van der Waals surface area (Å²) in [7, 11) is 0. The zero-order chi connectivity index (χ0) is 17.6. The lowest BCUT2D eigenvalue weighted by atomic mass is 10.0. The predicted octanol–water partition coefficient (Wildman–Crippen LogP) is 1.19. The Morgan fingerprint density at radius 1 is 1.08 bits per heavy atom. The lowest BCUT2D eigenvalue weighted by molar-refractivity contribution is -0.136. The Kier molecular flexibility index (Phi) is 5.37. The number of hydrogen-bond acceptors (Lipinski definition) is 5. The van der Waals surface area contributed by atoms with Crippen LogP contribution in [0.15, 0.2) is 48.8 Å². The summed E-state index contributed by atoms with van der Waals surface area (Å²) in [5, 5.41) is 2.78. The lowest BCUT2D eigenvalue weighted by Crippen LogP contribution is -2.45. The fourth-order valence-electron chi connectivity index (χ4n) is 2.60. The number of benzene rings is 1. The van der Waals surface area contributed by atoms with Crippen LogP contribution in [0.3, 0.4) is 0 Å². The molecule has 1 saturated heterocycles. The number of nitrogens with zero attached hydrogens (tertiary/aromatic N) is 2. The summed E-state index contributed by atoms with van der Waals surface area (Å²) in [5.41, 5.74) is 7.92. The molecule has 0 radical (unpaired) electrons. The molecule has 1 atom stereocenters. The van der Waals surface area contributed by atoms with E-state index in [9.17, 15) is 9.59 Å². The molecule has 3 rings (SSSR count). The van der Waals surface area contributed by atoms with Gasteiger partial charge in [0.2, 0.25) is 5.91 Å². The molecule has 1 aliphatic heterocycles. The van der Waals surface area contributed by atoms with Crippen molar-refractivity contribution in [2.45, 2.75) is 6.04 Å². The molecule has 2 heterocycles. The first kappa shape index (κ1) is 17.1. The van der Waals surface area contributed by atoms with E-state index in [1.807, 2.05) is 0 Å². The summed E-state index contributed by atoms with van der Waals surface area (Å²) in [5.74, 6) is -0.358. The third-order valence-electron chi connectivity index (χ3n) is 4.06. The summed E-state index contributed by atoms with van der Waals surface area (Å²) in [6.07, 6.45) is 3.21. The van der Waals surface area contributed by atoms with Gasteiger partial charge >= 0.3 is 0 Å². The highest BCUT2D eigenvalue weighted by Crippen LogP contribution is 2.16. The number of morpholine rings is 1. The molecular formula is C18H20N4O3. The third-order valence-corrected chi connectivity index (χ3v) is 4.06. The second-order valence-electron chi connectivity index (χ2n) is 5.73. The van der Waals surface area contributed by atoms with Crippen LogP contribution in [0.1, 0.15) is 22.0 Å². The van der Waals surface area contributed by atoms with Crippen molar-refractivity contribution < 1.29 is 14.3 Å². The van der Waals surface area contributed by atoms with Gasteiger partial charge in [-0.05, 0) is 29.8 Å². The van der Waals surface area contributed by atoms with Crippen LogP contribution in [0.25, 0.3) is 0 Å². The minimum absolute atomic E-state index is 0.128. The minimum atomic E-state index is -0.740. The third kappa shape index (κ3) is 4.20. The van der Waals surface area contributed by atoms with E-state index in [1.165, 1.54) is 0 Å². The fraction of sp³-hybridized carbons (Fsp3) is 0.278. The number of nitrogens with two attached hydrogens (primary N) is 1. The van der Waals surface area contributed by atoms with Gasteiger partial charge < -0.3 is 20.7 Å². The molecule has 2 amide bonds. The van der Waals surface area contributed by atoms with E-state index >= 15 is 0 Å². The number of carbonyl (C=O) groups is 2. The van der Waals surface area contributed by atoms with Gasteiger partial charge in [-0.2, -0.15) is 0 Å². The van der Waals surface area contributed by atoms with Crippen LogP contribution in [0.4, 0.5) is 5.69 Å². The maximum Gasteiger partial charge on any atom is 0.255 e. The van der Waals surface area contributed by atoms with Crippen LogP contribution >= 0.6 is 0 Å². The Bertz CT molecular complexity index is 728. The Morgan fingerprint density at radius 2 is 1.72 bits per heavy atom. The molecule has 0 aliphatic carbocycles. The van der Waals surface area contributed by atoms with Crippen molar-refractivity contribution in [2.75, 3.05) is 31.6 Å². The van der Waals surface area contributed by atoms with Gasteiger partial charge in [0.15, 0.2) is 0 Å². The highest BCUT2D eigenvalue weighted by Gasteiger charge is 2.24. The molecule has 3 N–H and O–H groups in total. The zero-order valence-corrected chi connectivity index (χ0v) is 13.7. The van der Waals surface area contributed by atoms with E-state index in [0.717, 1.165) is 0 Å². The molecule has 1 aromatic heterocycles. The highest BCUT2D eigenvalue weighted by atomic mass is 16.5. The van der Waals surface area contributed by atoms with Crippen molar-refractivity contribution in [3.63, 3.8) is 0 Å². The number of nitrogens with one attached hydrogen (secondary N) is 1. The number of aromatic nitrogens is 1. The van der Waals surface area contributed by atoms with Crippen molar-refractivity contribution in [3.8, 4) is 0 Å². The molecule has 0 spiro atoms. The second kappa shape index (κ2) is 7.87. The van der Waals surface area contributed by atoms with E-state index < -0.39 is 6.04 Å². The summed E-state index contributed by atoms with van der Waals surface area (Å²) < 4.78 is 5.24. The van der Waals surface area contributed by atoms with E-state index in [2.05, 4.69) is 10.3 Å². The minimum Gasteiger partial charge on any atom is -0.378 e. The molecule has 1 aromatic carbocycles. The zero-order valence-electron chi connectivity index (χ0n) is 13.7. The van der Waals surface area contributed by atoms with E-state index in [-0.39, 0.29) is 11.8 Å². The molecule has 130 valence electrons.